The van der Waals surface area contributed by atoms with E-state index in [4.69, 9.17) is 9.84 Å². The molecular weight excluding hydrogens is 262 g/mol. The topological polar surface area (TPSA) is 83.0 Å². The molecule has 1 N–H and O–H groups in total. The lowest BCUT2D eigenvalue weighted by Gasteiger charge is -2.29. The zero-order chi connectivity index (χ0) is 14.5. The van der Waals surface area contributed by atoms with Crippen LogP contribution in [0.3, 0.4) is 0 Å². The van der Waals surface area contributed by atoms with Crippen molar-refractivity contribution in [2.45, 2.75) is 0 Å². The molecule has 108 valence electrons. The van der Waals surface area contributed by atoms with Gasteiger partial charge in [-0.3, -0.25) is 9.59 Å². The maximum absolute atomic E-state index is 12.3. The summed E-state index contributed by atoms with van der Waals surface area (Å²) in [4.78, 5) is 30.4. The number of aromatic nitrogens is 1. The van der Waals surface area contributed by atoms with Crippen LogP contribution in [0.2, 0.25) is 0 Å². The fourth-order valence-corrected chi connectivity index (χ4v) is 2.07. The van der Waals surface area contributed by atoms with Crippen molar-refractivity contribution in [3.8, 4) is 0 Å². The number of carbonyl (C=O) groups is 2. The summed E-state index contributed by atoms with van der Waals surface area (Å²) in [6.07, 6.45) is 1.62. The van der Waals surface area contributed by atoms with Gasteiger partial charge in [-0.15, -0.1) is 0 Å². The third-order valence-corrected chi connectivity index (χ3v) is 3.05. The SMILES string of the molecule is CN(CC(=O)O)C(=O)c1cccnc1N1CCOCC1. The summed E-state index contributed by atoms with van der Waals surface area (Å²) in [6, 6.07) is 3.34. The Morgan fingerprint density at radius 2 is 2.15 bits per heavy atom. The molecule has 1 aliphatic rings. The van der Waals surface area contributed by atoms with Crippen molar-refractivity contribution in [2.75, 3.05) is 44.8 Å². The van der Waals surface area contributed by atoms with Gasteiger partial charge in [-0.1, -0.05) is 0 Å². The first-order valence-corrected chi connectivity index (χ1v) is 6.34. The number of amides is 1. The molecule has 7 nitrogen and oxygen atoms in total. The second-order valence-electron chi connectivity index (χ2n) is 4.53. The lowest BCUT2D eigenvalue weighted by Crippen LogP contribution is -2.39. The largest absolute Gasteiger partial charge is 0.480 e. The predicted molar refractivity (Wildman–Crippen MR) is 71.9 cm³/mol. The van der Waals surface area contributed by atoms with Crippen LogP contribution in [-0.2, 0) is 9.53 Å². The molecular formula is C13H17N3O4. The third kappa shape index (κ3) is 3.24. The number of anilines is 1. The molecule has 0 spiro atoms. The van der Waals surface area contributed by atoms with Gasteiger partial charge in [0.25, 0.3) is 5.91 Å². The zero-order valence-corrected chi connectivity index (χ0v) is 11.3. The maximum atomic E-state index is 12.3. The molecule has 0 bridgehead atoms. The van der Waals surface area contributed by atoms with Crippen molar-refractivity contribution in [3.63, 3.8) is 0 Å². The van der Waals surface area contributed by atoms with E-state index < -0.39 is 5.97 Å². The Labute approximate surface area is 116 Å². The lowest BCUT2D eigenvalue weighted by atomic mass is 10.2. The van der Waals surface area contributed by atoms with Crippen LogP contribution >= 0.6 is 0 Å². The summed E-state index contributed by atoms with van der Waals surface area (Å²) < 4.78 is 5.28. The first-order chi connectivity index (χ1) is 9.59. The van der Waals surface area contributed by atoms with Crippen molar-refractivity contribution in [2.24, 2.45) is 0 Å². The van der Waals surface area contributed by atoms with Gasteiger partial charge >= 0.3 is 5.97 Å². The maximum Gasteiger partial charge on any atom is 0.323 e. The Morgan fingerprint density at radius 3 is 2.80 bits per heavy atom. The number of aliphatic carboxylic acids is 1. The van der Waals surface area contributed by atoms with Crippen LogP contribution in [0.1, 0.15) is 10.4 Å². The number of ether oxygens (including phenoxy) is 1. The van der Waals surface area contributed by atoms with E-state index in [0.29, 0.717) is 37.7 Å². The van der Waals surface area contributed by atoms with Crippen LogP contribution < -0.4 is 4.90 Å². The molecule has 1 aromatic heterocycles. The molecule has 1 saturated heterocycles. The van der Waals surface area contributed by atoms with Crippen molar-refractivity contribution in [3.05, 3.63) is 23.9 Å². The Morgan fingerprint density at radius 1 is 1.45 bits per heavy atom. The van der Waals surface area contributed by atoms with E-state index in [2.05, 4.69) is 4.98 Å². The molecule has 0 radical (unpaired) electrons. The first-order valence-electron chi connectivity index (χ1n) is 6.34. The third-order valence-electron chi connectivity index (χ3n) is 3.05. The molecule has 1 fully saturated rings. The number of hydrogen-bond donors (Lipinski definition) is 1. The number of carboxylic acid groups (broad SMARTS) is 1. The van der Waals surface area contributed by atoms with E-state index in [1.54, 1.807) is 18.3 Å². The second-order valence-corrected chi connectivity index (χ2v) is 4.53. The van der Waals surface area contributed by atoms with Crippen LogP contribution in [-0.4, -0.2) is 66.8 Å². The van der Waals surface area contributed by atoms with Gasteiger partial charge in [-0.25, -0.2) is 4.98 Å². The van der Waals surface area contributed by atoms with E-state index in [0.717, 1.165) is 0 Å². The molecule has 0 aromatic carbocycles. The Bertz CT molecular complexity index is 500. The van der Waals surface area contributed by atoms with E-state index in [-0.39, 0.29) is 12.5 Å². The highest BCUT2D eigenvalue weighted by Crippen LogP contribution is 2.19. The van der Waals surface area contributed by atoms with Crippen molar-refractivity contribution in [1.29, 1.82) is 0 Å². The number of morpholine rings is 1. The average Bonchev–Trinajstić information content (AvgIpc) is 2.46. The molecule has 0 saturated carbocycles. The van der Waals surface area contributed by atoms with Crippen LogP contribution in [0.4, 0.5) is 5.82 Å². The highest BCUT2D eigenvalue weighted by atomic mass is 16.5. The molecule has 0 aliphatic carbocycles. The van der Waals surface area contributed by atoms with E-state index in [9.17, 15) is 9.59 Å². The van der Waals surface area contributed by atoms with E-state index in [1.807, 2.05) is 4.90 Å². The summed E-state index contributed by atoms with van der Waals surface area (Å²) in [5.41, 5.74) is 0.415. The zero-order valence-electron chi connectivity index (χ0n) is 11.3. The highest BCUT2D eigenvalue weighted by Gasteiger charge is 2.22. The minimum Gasteiger partial charge on any atom is -0.480 e. The fraction of sp³-hybridized carbons (Fsp3) is 0.462. The molecule has 1 aromatic rings. The van der Waals surface area contributed by atoms with Gasteiger partial charge < -0.3 is 19.6 Å². The standard InChI is InChI=1S/C13H17N3O4/c1-15(9-11(17)18)13(19)10-3-2-4-14-12(10)16-5-7-20-8-6-16/h2-4H,5-9H2,1H3,(H,17,18). The van der Waals surface area contributed by atoms with Gasteiger partial charge in [0.05, 0.1) is 18.8 Å². The highest BCUT2D eigenvalue weighted by molar-refractivity contribution is 5.99. The van der Waals surface area contributed by atoms with Gasteiger partial charge in [-0.2, -0.15) is 0 Å². The molecule has 1 aliphatic heterocycles. The smallest absolute Gasteiger partial charge is 0.323 e. The summed E-state index contributed by atoms with van der Waals surface area (Å²) in [5, 5.41) is 8.76. The van der Waals surface area contributed by atoms with Gasteiger partial charge in [-0.05, 0) is 12.1 Å². The van der Waals surface area contributed by atoms with Gasteiger partial charge in [0.15, 0.2) is 0 Å². The monoisotopic (exact) mass is 279 g/mol. The summed E-state index contributed by atoms with van der Waals surface area (Å²) >= 11 is 0. The number of carbonyl (C=O) groups excluding carboxylic acids is 1. The Hall–Kier alpha value is -2.15. The molecule has 20 heavy (non-hydrogen) atoms. The minimum absolute atomic E-state index is 0.337. The molecule has 0 atom stereocenters. The summed E-state index contributed by atoms with van der Waals surface area (Å²) in [5.74, 6) is -0.808. The predicted octanol–water partition coefficient (Wildman–Crippen LogP) is 0.0748. The van der Waals surface area contributed by atoms with E-state index >= 15 is 0 Å². The molecule has 2 heterocycles. The Kier molecular flexibility index (Phi) is 4.52. The molecule has 2 rings (SSSR count). The number of carboxylic acids is 1. The van der Waals surface area contributed by atoms with Crippen LogP contribution in [0.25, 0.3) is 0 Å². The fourth-order valence-electron chi connectivity index (χ4n) is 2.07. The minimum atomic E-state index is -1.04. The van der Waals surface area contributed by atoms with Crippen molar-refractivity contribution < 1.29 is 19.4 Å². The van der Waals surface area contributed by atoms with Gasteiger partial charge in [0, 0.05) is 26.3 Å². The summed E-state index contributed by atoms with van der Waals surface area (Å²) in [6.45, 7) is 2.18. The summed E-state index contributed by atoms with van der Waals surface area (Å²) in [7, 11) is 1.46. The van der Waals surface area contributed by atoms with Crippen LogP contribution in [0.15, 0.2) is 18.3 Å². The lowest BCUT2D eigenvalue weighted by molar-refractivity contribution is -0.137. The Balaban J connectivity index is 2.22. The number of likely N-dealkylation sites (N-methyl/N-ethyl adjacent to an activating group) is 1. The van der Waals surface area contributed by atoms with Gasteiger partial charge in [0.1, 0.15) is 12.4 Å². The average molecular weight is 279 g/mol. The van der Waals surface area contributed by atoms with Gasteiger partial charge in [0.2, 0.25) is 0 Å². The van der Waals surface area contributed by atoms with Crippen molar-refractivity contribution in [1.82, 2.24) is 9.88 Å². The number of hydrogen-bond acceptors (Lipinski definition) is 5. The molecule has 7 heteroatoms. The normalized spacial score (nSPS) is 14.9. The van der Waals surface area contributed by atoms with Crippen molar-refractivity contribution >= 4 is 17.7 Å². The van der Waals surface area contributed by atoms with Crippen LogP contribution in [0, 0.1) is 0 Å². The quantitative estimate of drug-likeness (QED) is 0.840. The van der Waals surface area contributed by atoms with Crippen LogP contribution in [0.5, 0.6) is 0 Å². The second kappa shape index (κ2) is 6.33. The number of pyridine rings is 1. The molecule has 1 amide bonds. The molecule has 0 unspecified atom stereocenters. The first kappa shape index (κ1) is 14.3. The van der Waals surface area contributed by atoms with E-state index in [1.165, 1.54) is 11.9 Å². The number of rotatable bonds is 4. The number of nitrogens with zero attached hydrogens (tertiary/aromatic N) is 3.